The number of benzene rings is 2. The number of pyridine rings is 1. The van der Waals surface area contributed by atoms with Crippen molar-refractivity contribution in [2.75, 3.05) is 0 Å². The third-order valence-electron chi connectivity index (χ3n) is 9.00. The van der Waals surface area contributed by atoms with Crippen molar-refractivity contribution in [2.24, 2.45) is 11.7 Å². The molecule has 2 aliphatic carbocycles. The van der Waals surface area contributed by atoms with Crippen molar-refractivity contribution >= 4 is 27.8 Å². The zero-order valence-electron chi connectivity index (χ0n) is 21.5. The van der Waals surface area contributed by atoms with Crippen LogP contribution >= 0.6 is 0 Å². The molecule has 6 rings (SSSR count). The number of nitrogens with two attached hydrogens (primary N) is 1. The number of amides is 1. The van der Waals surface area contributed by atoms with E-state index in [1.807, 2.05) is 18.3 Å². The van der Waals surface area contributed by atoms with E-state index in [4.69, 9.17) is 10.7 Å². The molecule has 37 heavy (non-hydrogen) atoms. The molecule has 2 aromatic heterocycles. The Morgan fingerprint density at radius 2 is 1.73 bits per heavy atom. The maximum Gasteiger partial charge on any atom is 0.248 e. The minimum absolute atomic E-state index is 0.204. The second-order valence-electron chi connectivity index (χ2n) is 11.2. The van der Waals surface area contributed by atoms with E-state index in [9.17, 15) is 9.18 Å². The molecule has 1 amide bonds. The van der Waals surface area contributed by atoms with Crippen LogP contribution in [-0.4, -0.2) is 20.4 Å². The molecule has 0 saturated heterocycles. The summed E-state index contributed by atoms with van der Waals surface area (Å²) < 4.78 is 16.5. The third kappa shape index (κ3) is 4.51. The molecule has 1 atom stereocenters. The molecule has 192 valence electrons. The molecular formula is C31H35FN4O. The largest absolute Gasteiger partial charge is 0.366 e. The summed E-state index contributed by atoms with van der Waals surface area (Å²) in [5.74, 6) is 1.84. The summed E-state index contributed by atoms with van der Waals surface area (Å²) in [7, 11) is 0. The number of hydrogen-bond acceptors (Lipinski definition) is 3. The van der Waals surface area contributed by atoms with Crippen LogP contribution in [0.25, 0.3) is 21.9 Å². The van der Waals surface area contributed by atoms with Gasteiger partial charge in [0.1, 0.15) is 11.6 Å². The molecule has 2 aliphatic rings. The Morgan fingerprint density at radius 1 is 0.973 bits per heavy atom. The Morgan fingerprint density at radius 3 is 2.49 bits per heavy atom. The first-order chi connectivity index (χ1) is 18.0. The maximum absolute atomic E-state index is 14.0. The van der Waals surface area contributed by atoms with Crippen molar-refractivity contribution < 1.29 is 9.18 Å². The Labute approximate surface area is 217 Å². The zero-order valence-corrected chi connectivity index (χ0v) is 21.5. The number of carbonyl (C=O) groups excluding carboxylic acids is 1. The van der Waals surface area contributed by atoms with Gasteiger partial charge in [0.15, 0.2) is 0 Å². The van der Waals surface area contributed by atoms with Crippen LogP contribution in [0.4, 0.5) is 4.39 Å². The van der Waals surface area contributed by atoms with Crippen molar-refractivity contribution in [3.05, 3.63) is 71.4 Å². The van der Waals surface area contributed by atoms with Gasteiger partial charge in [0, 0.05) is 29.1 Å². The second kappa shape index (κ2) is 9.88. The van der Waals surface area contributed by atoms with E-state index in [0.29, 0.717) is 29.4 Å². The molecule has 2 saturated carbocycles. The van der Waals surface area contributed by atoms with Crippen LogP contribution in [0.3, 0.4) is 0 Å². The SMILES string of the molecule is C[C@@H](c1nc2ccc(C(N)=O)cc2n1C1CCCCC1)C1CCC(c2ccnc3ccc(F)cc23)CC1. The molecule has 2 fully saturated rings. The summed E-state index contributed by atoms with van der Waals surface area (Å²) in [4.78, 5) is 21.5. The number of halogens is 1. The van der Waals surface area contributed by atoms with Gasteiger partial charge >= 0.3 is 0 Å². The average Bonchev–Trinajstić information content (AvgIpc) is 3.31. The van der Waals surface area contributed by atoms with Crippen LogP contribution in [0.2, 0.25) is 0 Å². The molecule has 2 heterocycles. The molecular weight excluding hydrogens is 463 g/mol. The van der Waals surface area contributed by atoms with Crippen molar-refractivity contribution in [1.82, 2.24) is 14.5 Å². The lowest BCUT2D eigenvalue weighted by molar-refractivity contribution is 0.100. The minimum Gasteiger partial charge on any atom is -0.366 e. The molecule has 6 heteroatoms. The standard InChI is InChI=1S/C31H35FN4O/c1-19(20-7-9-21(10-8-20)25-15-16-34-27-14-12-23(32)18-26(25)27)31-35-28-13-11-22(30(33)37)17-29(28)36(31)24-5-3-2-4-6-24/h11-21,24H,2-10H2,1H3,(H2,33,37)/t19-,20?,21?/m1/s1. The third-order valence-corrected chi connectivity index (χ3v) is 9.00. The van der Waals surface area contributed by atoms with Crippen LogP contribution in [0.1, 0.15) is 104 Å². The summed E-state index contributed by atoms with van der Waals surface area (Å²) in [6, 6.07) is 13.1. The highest BCUT2D eigenvalue weighted by Crippen LogP contribution is 2.44. The number of imidazole rings is 1. The van der Waals surface area contributed by atoms with Crippen LogP contribution < -0.4 is 5.73 Å². The van der Waals surface area contributed by atoms with Crippen molar-refractivity contribution in [3.8, 4) is 0 Å². The summed E-state index contributed by atoms with van der Waals surface area (Å²) in [6.07, 6.45) is 12.3. The van der Waals surface area contributed by atoms with Gasteiger partial charge < -0.3 is 10.3 Å². The molecule has 4 aromatic rings. The minimum atomic E-state index is -0.394. The van der Waals surface area contributed by atoms with Gasteiger partial charge in [0.25, 0.3) is 0 Å². The van der Waals surface area contributed by atoms with Crippen LogP contribution in [0, 0.1) is 11.7 Å². The molecule has 0 spiro atoms. The lowest BCUT2D eigenvalue weighted by atomic mass is 9.73. The lowest BCUT2D eigenvalue weighted by Gasteiger charge is -2.34. The van der Waals surface area contributed by atoms with Gasteiger partial charge in [-0.1, -0.05) is 26.2 Å². The highest BCUT2D eigenvalue weighted by Gasteiger charge is 2.32. The van der Waals surface area contributed by atoms with E-state index in [2.05, 4.69) is 22.5 Å². The Kier molecular flexibility index (Phi) is 6.43. The van der Waals surface area contributed by atoms with Gasteiger partial charge in [-0.15, -0.1) is 0 Å². The van der Waals surface area contributed by atoms with Gasteiger partial charge in [-0.25, -0.2) is 9.37 Å². The number of nitrogens with zero attached hydrogens (tertiary/aromatic N) is 3. The maximum atomic E-state index is 14.0. The quantitative estimate of drug-likeness (QED) is 0.311. The first-order valence-electron chi connectivity index (χ1n) is 13.9. The van der Waals surface area contributed by atoms with E-state index in [-0.39, 0.29) is 5.82 Å². The van der Waals surface area contributed by atoms with Crippen molar-refractivity contribution in [3.63, 3.8) is 0 Å². The highest BCUT2D eigenvalue weighted by atomic mass is 19.1. The van der Waals surface area contributed by atoms with E-state index in [0.717, 1.165) is 66.3 Å². The van der Waals surface area contributed by atoms with E-state index in [1.165, 1.54) is 30.9 Å². The summed E-state index contributed by atoms with van der Waals surface area (Å²) in [6.45, 7) is 2.33. The monoisotopic (exact) mass is 498 g/mol. The predicted molar refractivity (Wildman–Crippen MR) is 145 cm³/mol. The van der Waals surface area contributed by atoms with Gasteiger partial charge in [-0.3, -0.25) is 9.78 Å². The van der Waals surface area contributed by atoms with Crippen LogP contribution in [0.15, 0.2) is 48.7 Å². The number of aromatic nitrogens is 3. The molecule has 0 radical (unpaired) electrons. The Hall–Kier alpha value is -3.28. The summed E-state index contributed by atoms with van der Waals surface area (Å²) >= 11 is 0. The lowest BCUT2D eigenvalue weighted by Crippen LogP contribution is -2.23. The average molecular weight is 499 g/mol. The van der Waals surface area contributed by atoms with Crippen molar-refractivity contribution in [1.29, 1.82) is 0 Å². The smallest absolute Gasteiger partial charge is 0.248 e. The highest BCUT2D eigenvalue weighted by molar-refractivity contribution is 5.96. The van der Waals surface area contributed by atoms with Gasteiger partial charge in [0.05, 0.1) is 16.6 Å². The number of carbonyl (C=O) groups is 1. The number of fused-ring (bicyclic) bond motifs is 2. The molecule has 5 nitrogen and oxygen atoms in total. The van der Waals surface area contributed by atoms with Crippen LogP contribution in [-0.2, 0) is 0 Å². The summed E-state index contributed by atoms with van der Waals surface area (Å²) in [5, 5.41) is 0.948. The zero-order chi connectivity index (χ0) is 25.5. The molecule has 0 aliphatic heterocycles. The fraction of sp³-hybridized carbons (Fsp3) is 0.452. The first kappa shape index (κ1) is 24.1. The van der Waals surface area contributed by atoms with Crippen molar-refractivity contribution in [2.45, 2.75) is 82.6 Å². The number of hydrogen-bond donors (Lipinski definition) is 1. The second-order valence-corrected chi connectivity index (χ2v) is 11.2. The van der Waals surface area contributed by atoms with Gasteiger partial charge in [0.2, 0.25) is 5.91 Å². The fourth-order valence-corrected chi connectivity index (χ4v) is 6.95. The normalized spacial score (nSPS) is 21.9. The van der Waals surface area contributed by atoms with E-state index in [1.54, 1.807) is 18.2 Å². The Balaban J connectivity index is 1.28. The van der Waals surface area contributed by atoms with Crippen LogP contribution in [0.5, 0.6) is 0 Å². The topological polar surface area (TPSA) is 73.8 Å². The van der Waals surface area contributed by atoms with E-state index >= 15 is 0 Å². The summed E-state index contributed by atoms with van der Waals surface area (Å²) in [5.41, 5.74) is 10.3. The molecule has 0 unspecified atom stereocenters. The number of primary amides is 1. The first-order valence-corrected chi connectivity index (χ1v) is 13.9. The number of rotatable bonds is 5. The molecule has 0 bridgehead atoms. The van der Waals surface area contributed by atoms with E-state index < -0.39 is 5.91 Å². The Bertz CT molecular complexity index is 1450. The predicted octanol–water partition coefficient (Wildman–Crippen LogP) is 7.41. The fourth-order valence-electron chi connectivity index (χ4n) is 6.95. The molecule has 2 N–H and O–H groups in total. The molecule has 2 aromatic carbocycles. The van der Waals surface area contributed by atoms with Gasteiger partial charge in [-0.2, -0.15) is 0 Å². The van der Waals surface area contributed by atoms with Gasteiger partial charge in [-0.05, 0) is 98.4 Å².